The third-order valence-corrected chi connectivity index (χ3v) is 1.57. The van der Waals surface area contributed by atoms with E-state index in [1.807, 2.05) is 0 Å². The fraction of sp³-hybridized carbons (Fsp3) is 0.833. The van der Waals surface area contributed by atoms with E-state index in [0.29, 0.717) is 0 Å². The highest BCUT2D eigenvalue weighted by molar-refractivity contribution is 5.85. The van der Waals surface area contributed by atoms with Crippen molar-refractivity contribution in [3.05, 3.63) is 0 Å². The van der Waals surface area contributed by atoms with E-state index in [1.165, 1.54) is 0 Å². The lowest BCUT2D eigenvalue weighted by molar-refractivity contribution is -0.130. The molecule has 1 aliphatic heterocycles. The molecule has 0 aliphatic carbocycles. The molecule has 1 fully saturated rings. The minimum absolute atomic E-state index is 0. The molecule has 0 N–H and O–H groups in total. The highest BCUT2D eigenvalue weighted by atomic mass is 35.5. The summed E-state index contributed by atoms with van der Waals surface area (Å²) in [6, 6.07) is 0. The maximum atomic E-state index is 11.6. The molecule has 1 aliphatic rings. The largest absolute Gasteiger partial charge is 0.340 e. The first-order chi connectivity index (χ1) is 4.34. The molecule has 60 valence electrons. The minimum Gasteiger partial charge on any atom is -0.340 e. The van der Waals surface area contributed by atoms with Gasteiger partial charge < -0.3 is 4.90 Å². The van der Waals surface area contributed by atoms with Crippen LogP contribution >= 0.6 is 12.4 Å². The summed E-state index contributed by atoms with van der Waals surface area (Å²) in [7, 11) is 0. The molecule has 1 saturated heterocycles. The van der Waals surface area contributed by atoms with E-state index < -0.39 is 6.67 Å². The summed E-state index contributed by atoms with van der Waals surface area (Å²) >= 11 is 0. The zero-order chi connectivity index (χ0) is 6.69. The average molecular weight is 168 g/mol. The smallest absolute Gasteiger partial charge is 0.253 e. The van der Waals surface area contributed by atoms with E-state index in [9.17, 15) is 9.18 Å². The van der Waals surface area contributed by atoms with Gasteiger partial charge in [0.1, 0.15) is 0 Å². The maximum Gasteiger partial charge on any atom is 0.253 e. The van der Waals surface area contributed by atoms with Gasteiger partial charge in [-0.3, -0.25) is 4.79 Å². The van der Waals surface area contributed by atoms with E-state index >= 15 is 0 Å². The van der Waals surface area contributed by atoms with E-state index in [-0.39, 0.29) is 18.3 Å². The van der Waals surface area contributed by atoms with Gasteiger partial charge in [0, 0.05) is 13.1 Å². The van der Waals surface area contributed by atoms with Gasteiger partial charge in [0.15, 0.2) is 6.67 Å². The standard InChI is InChI=1S/C6H10FNO.ClH/c7-5-6(9)8-3-1-2-4-8;/h1-5H2;1H. The first-order valence-electron chi connectivity index (χ1n) is 3.18. The monoisotopic (exact) mass is 167 g/mol. The number of likely N-dealkylation sites (tertiary alicyclic amines) is 1. The normalized spacial score (nSPS) is 16.7. The Morgan fingerprint density at radius 1 is 1.40 bits per heavy atom. The van der Waals surface area contributed by atoms with Crippen molar-refractivity contribution in [2.24, 2.45) is 0 Å². The van der Waals surface area contributed by atoms with E-state index in [2.05, 4.69) is 0 Å². The van der Waals surface area contributed by atoms with Crippen LogP contribution in [0.3, 0.4) is 0 Å². The number of amides is 1. The van der Waals surface area contributed by atoms with E-state index in [1.54, 1.807) is 4.90 Å². The van der Waals surface area contributed by atoms with Crippen molar-refractivity contribution < 1.29 is 9.18 Å². The predicted molar refractivity (Wildman–Crippen MR) is 39.0 cm³/mol. The van der Waals surface area contributed by atoms with Gasteiger partial charge in [0.25, 0.3) is 5.91 Å². The van der Waals surface area contributed by atoms with Crippen LogP contribution in [0.2, 0.25) is 0 Å². The first-order valence-corrected chi connectivity index (χ1v) is 3.18. The third-order valence-electron chi connectivity index (χ3n) is 1.57. The Morgan fingerprint density at radius 3 is 2.30 bits per heavy atom. The van der Waals surface area contributed by atoms with Gasteiger partial charge in [-0.05, 0) is 12.8 Å². The topological polar surface area (TPSA) is 20.3 Å². The maximum absolute atomic E-state index is 11.6. The Hall–Kier alpha value is -0.310. The highest BCUT2D eigenvalue weighted by Crippen LogP contribution is 2.06. The Kier molecular flexibility index (Phi) is 4.36. The zero-order valence-corrected chi connectivity index (χ0v) is 6.49. The molecule has 0 aromatic heterocycles. The summed E-state index contributed by atoms with van der Waals surface area (Å²) in [5.41, 5.74) is 0. The van der Waals surface area contributed by atoms with Crippen molar-refractivity contribution in [3.8, 4) is 0 Å². The minimum atomic E-state index is -0.833. The fourth-order valence-corrected chi connectivity index (χ4v) is 1.05. The number of carbonyl (C=O) groups is 1. The summed E-state index contributed by atoms with van der Waals surface area (Å²) in [4.78, 5) is 12.1. The Balaban J connectivity index is 0.000000810. The van der Waals surface area contributed by atoms with E-state index in [4.69, 9.17) is 0 Å². The molecule has 0 unspecified atom stereocenters. The van der Waals surface area contributed by atoms with Crippen molar-refractivity contribution in [1.29, 1.82) is 0 Å². The van der Waals surface area contributed by atoms with Crippen molar-refractivity contribution in [1.82, 2.24) is 4.90 Å². The number of nitrogens with zero attached hydrogens (tertiary/aromatic N) is 1. The molecule has 1 amide bonds. The molecule has 0 spiro atoms. The Bertz CT molecular complexity index is 114. The highest BCUT2D eigenvalue weighted by Gasteiger charge is 2.16. The quantitative estimate of drug-likeness (QED) is 0.571. The van der Waals surface area contributed by atoms with Crippen molar-refractivity contribution in [2.75, 3.05) is 19.8 Å². The van der Waals surface area contributed by atoms with E-state index in [0.717, 1.165) is 25.9 Å². The lowest BCUT2D eigenvalue weighted by atomic mass is 10.4. The van der Waals surface area contributed by atoms with Gasteiger partial charge >= 0.3 is 0 Å². The molecule has 0 aromatic rings. The van der Waals surface area contributed by atoms with Crippen LogP contribution < -0.4 is 0 Å². The van der Waals surface area contributed by atoms with Crippen LogP contribution in [0.1, 0.15) is 12.8 Å². The van der Waals surface area contributed by atoms with Crippen LogP contribution in [0.4, 0.5) is 4.39 Å². The molecular weight excluding hydrogens is 157 g/mol. The number of hydrogen-bond donors (Lipinski definition) is 0. The second-order valence-electron chi connectivity index (χ2n) is 2.22. The zero-order valence-electron chi connectivity index (χ0n) is 5.68. The fourth-order valence-electron chi connectivity index (χ4n) is 1.05. The molecule has 0 aromatic carbocycles. The lowest BCUT2D eigenvalue weighted by Crippen LogP contribution is -2.28. The molecule has 0 saturated carbocycles. The average Bonchev–Trinajstić information content (AvgIpc) is 2.37. The number of rotatable bonds is 1. The molecular formula is C6H11ClFNO. The van der Waals surface area contributed by atoms with Gasteiger partial charge in [-0.1, -0.05) is 0 Å². The van der Waals surface area contributed by atoms with Crippen LogP contribution in [-0.2, 0) is 4.79 Å². The van der Waals surface area contributed by atoms with Crippen molar-refractivity contribution >= 4 is 18.3 Å². The van der Waals surface area contributed by atoms with Gasteiger partial charge in [0.05, 0.1) is 0 Å². The molecule has 1 heterocycles. The van der Waals surface area contributed by atoms with Crippen LogP contribution in [-0.4, -0.2) is 30.6 Å². The summed E-state index contributed by atoms with van der Waals surface area (Å²) in [5.74, 6) is -0.354. The second-order valence-corrected chi connectivity index (χ2v) is 2.22. The van der Waals surface area contributed by atoms with Gasteiger partial charge in [-0.25, -0.2) is 4.39 Å². The molecule has 1 rings (SSSR count). The van der Waals surface area contributed by atoms with Crippen LogP contribution in [0.15, 0.2) is 0 Å². The SMILES string of the molecule is Cl.O=C(CF)N1CCCC1. The first kappa shape index (κ1) is 9.69. The Labute approximate surface area is 65.8 Å². The van der Waals surface area contributed by atoms with Gasteiger partial charge in [-0.2, -0.15) is 0 Å². The summed E-state index contributed by atoms with van der Waals surface area (Å²) in [5, 5.41) is 0. The lowest BCUT2D eigenvalue weighted by Gasteiger charge is -2.11. The van der Waals surface area contributed by atoms with Crippen LogP contribution in [0, 0.1) is 0 Å². The van der Waals surface area contributed by atoms with Gasteiger partial charge in [-0.15, -0.1) is 12.4 Å². The molecule has 0 radical (unpaired) electrons. The number of alkyl halides is 1. The van der Waals surface area contributed by atoms with Crippen molar-refractivity contribution in [2.45, 2.75) is 12.8 Å². The molecule has 0 bridgehead atoms. The molecule has 2 nitrogen and oxygen atoms in total. The summed E-state index contributed by atoms with van der Waals surface area (Å²) < 4.78 is 11.6. The number of carbonyl (C=O) groups excluding carboxylic acids is 1. The number of hydrogen-bond acceptors (Lipinski definition) is 1. The summed E-state index contributed by atoms with van der Waals surface area (Å²) in [6.45, 7) is 0.672. The third kappa shape index (κ3) is 2.14. The van der Waals surface area contributed by atoms with Crippen LogP contribution in [0.25, 0.3) is 0 Å². The molecule has 0 atom stereocenters. The summed E-state index contributed by atoms with van der Waals surface area (Å²) in [6.07, 6.45) is 2.07. The predicted octanol–water partition coefficient (Wildman–Crippen LogP) is 1.00. The van der Waals surface area contributed by atoms with Gasteiger partial charge in [0.2, 0.25) is 0 Å². The Morgan fingerprint density at radius 2 is 1.90 bits per heavy atom. The second kappa shape index (κ2) is 4.50. The number of halogens is 2. The molecule has 4 heteroatoms. The van der Waals surface area contributed by atoms with Crippen LogP contribution in [0.5, 0.6) is 0 Å². The van der Waals surface area contributed by atoms with Crippen molar-refractivity contribution in [3.63, 3.8) is 0 Å². The molecule has 10 heavy (non-hydrogen) atoms.